The number of carbonyl (C=O) groups is 1. The Hall–Kier alpha value is -1.62. The molecule has 0 saturated carbocycles. The predicted molar refractivity (Wildman–Crippen MR) is 93.9 cm³/mol. The number of hydrogen-bond donors (Lipinski definition) is 0. The van der Waals surface area contributed by atoms with Gasteiger partial charge in [0.2, 0.25) is 5.91 Å². The molecule has 5 nitrogen and oxygen atoms in total. The Bertz CT molecular complexity index is 546. The van der Waals surface area contributed by atoms with E-state index in [-0.39, 0.29) is 18.3 Å². The molecule has 1 fully saturated rings. The van der Waals surface area contributed by atoms with Crippen LogP contribution in [0.4, 0.5) is 5.82 Å². The highest BCUT2D eigenvalue weighted by molar-refractivity contribution is 5.85. The monoisotopic (exact) mass is 336 g/mol. The lowest BCUT2D eigenvalue weighted by Gasteiger charge is -2.27. The number of rotatable bonds is 2. The summed E-state index contributed by atoms with van der Waals surface area (Å²) in [5.41, 5.74) is 0.931. The van der Waals surface area contributed by atoms with Gasteiger partial charge >= 0.3 is 0 Å². The van der Waals surface area contributed by atoms with Crippen molar-refractivity contribution in [3.05, 3.63) is 30.0 Å². The van der Waals surface area contributed by atoms with Crippen LogP contribution in [0.15, 0.2) is 24.3 Å². The maximum absolute atomic E-state index is 12.6. The number of carbonyl (C=O) groups excluding carboxylic acids is 1. The van der Waals surface area contributed by atoms with Crippen molar-refractivity contribution in [2.45, 2.75) is 32.6 Å². The topological polar surface area (TPSA) is 49.3 Å². The summed E-state index contributed by atoms with van der Waals surface area (Å²) in [6.07, 6.45) is 8.27. The molecule has 0 aromatic carbocycles. The van der Waals surface area contributed by atoms with Gasteiger partial charge < -0.3 is 9.80 Å². The molecule has 2 heterocycles. The molecule has 0 bridgehead atoms. The quantitative estimate of drug-likeness (QED) is 0.779. The molecule has 1 aliphatic heterocycles. The van der Waals surface area contributed by atoms with Gasteiger partial charge in [0.05, 0.1) is 5.69 Å². The summed E-state index contributed by atoms with van der Waals surface area (Å²) in [6.45, 7) is 5.36. The van der Waals surface area contributed by atoms with E-state index < -0.39 is 0 Å². The number of allylic oxidation sites excluding steroid dienone is 2. The van der Waals surface area contributed by atoms with Crippen molar-refractivity contribution in [1.29, 1.82) is 0 Å². The molecule has 1 amide bonds. The first-order chi connectivity index (χ1) is 10.7. The van der Waals surface area contributed by atoms with Gasteiger partial charge in [0, 0.05) is 32.1 Å². The lowest BCUT2D eigenvalue weighted by molar-refractivity contribution is -0.135. The van der Waals surface area contributed by atoms with Gasteiger partial charge in [0.15, 0.2) is 5.82 Å². The second-order valence-corrected chi connectivity index (χ2v) is 6.18. The van der Waals surface area contributed by atoms with Gasteiger partial charge in [-0.3, -0.25) is 4.79 Å². The first kappa shape index (κ1) is 17.7. The third-order valence-corrected chi connectivity index (χ3v) is 4.53. The van der Waals surface area contributed by atoms with Gasteiger partial charge in [-0.2, -0.15) is 5.10 Å². The summed E-state index contributed by atoms with van der Waals surface area (Å²) in [5, 5.41) is 8.40. The summed E-state index contributed by atoms with van der Waals surface area (Å²) in [7, 11) is 0. The fourth-order valence-electron chi connectivity index (χ4n) is 3.20. The van der Waals surface area contributed by atoms with Crippen LogP contribution < -0.4 is 4.90 Å². The minimum Gasteiger partial charge on any atom is -0.353 e. The molecule has 0 spiro atoms. The normalized spacial score (nSPS) is 21.5. The molecule has 0 N–H and O–H groups in total. The molecular formula is C17H25ClN4O. The Kier molecular flexibility index (Phi) is 6.39. The van der Waals surface area contributed by atoms with E-state index in [1.54, 1.807) is 0 Å². The Labute approximate surface area is 144 Å². The Morgan fingerprint density at radius 1 is 1.13 bits per heavy atom. The third-order valence-electron chi connectivity index (χ3n) is 4.53. The standard InChI is InChI=1S/C17H24N4O.ClH/c1-14-8-9-16(19-18-14)20-10-5-11-21(13-12-20)17(22)15-6-3-2-4-7-15;/h2-3,8-9,15H,4-7,10-13H2,1H3;1H. The molecule has 1 unspecified atom stereocenters. The van der Waals surface area contributed by atoms with E-state index in [4.69, 9.17) is 0 Å². The summed E-state index contributed by atoms with van der Waals surface area (Å²) < 4.78 is 0. The van der Waals surface area contributed by atoms with Crippen LogP contribution in [-0.2, 0) is 4.79 Å². The van der Waals surface area contributed by atoms with Crippen LogP contribution in [0.1, 0.15) is 31.4 Å². The zero-order valence-electron chi connectivity index (χ0n) is 13.6. The molecule has 126 valence electrons. The van der Waals surface area contributed by atoms with Crippen LogP contribution in [0.5, 0.6) is 0 Å². The van der Waals surface area contributed by atoms with E-state index in [0.29, 0.717) is 5.91 Å². The van der Waals surface area contributed by atoms with E-state index in [1.807, 2.05) is 24.0 Å². The molecule has 3 rings (SSSR count). The minimum atomic E-state index is 0. The van der Waals surface area contributed by atoms with Crippen molar-refractivity contribution in [3.63, 3.8) is 0 Å². The van der Waals surface area contributed by atoms with Crippen LogP contribution >= 0.6 is 12.4 Å². The van der Waals surface area contributed by atoms with Crippen molar-refractivity contribution in [3.8, 4) is 0 Å². The number of aromatic nitrogens is 2. The number of amides is 1. The summed E-state index contributed by atoms with van der Waals surface area (Å²) in [4.78, 5) is 16.9. The van der Waals surface area contributed by atoms with Crippen molar-refractivity contribution in [1.82, 2.24) is 15.1 Å². The zero-order valence-corrected chi connectivity index (χ0v) is 14.5. The highest BCUT2D eigenvalue weighted by Gasteiger charge is 2.26. The van der Waals surface area contributed by atoms with E-state index in [1.165, 1.54) is 0 Å². The molecule has 1 saturated heterocycles. The van der Waals surface area contributed by atoms with E-state index >= 15 is 0 Å². The number of hydrogen-bond acceptors (Lipinski definition) is 4. The minimum absolute atomic E-state index is 0. The molecule has 1 aromatic rings. The molecular weight excluding hydrogens is 312 g/mol. The number of halogens is 1. The van der Waals surface area contributed by atoms with Crippen LogP contribution in [0, 0.1) is 12.8 Å². The Morgan fingerprint density at radius 2 is 2.00 bits per heavy atom. The maximum atomic E-state index is 12.6. The Morgan fingerprint density at radius 3 is 2.70 bits per heavy atom. The average Bonchev–Trinajstić information content (AvgIpc) is 2.82. The molecule has 1 aliphatic carbocycles. The van der Waals surface area contributed by atoms with Crippen LogP contribution in [0.2, 0.25) is 0 Å². The molecule has 0 radical (unpaired) electrons. The Balaban J connectivity index is 0.00000192. The molecule has 1 atom stereocenters. The fraction of sp³-hybridized carbons (Fsp3) is 0.588. The van der Waals surface area contributed by atoms with Crippen molar-refractivity contribution in [2.24, 2.45) is 5.92 Å². The van der Waals surface area contributed by atoms with Gasteiger partial charge in [0.25, 0.3) is 0 Å². The van der Waals surface area contributed by atoms with Crippen LogP contribution in [0.3, 0.4) is 0 Å². The van der Waals surface area contributed by atoms with E-state index in [2.05, 4.69) is 27.2 Å². The van der Waals surface area contributed by atoms with Crippen molar-refractivity contribution in [2.75, 3.05) is 31.1 Å². The average molecular weight is 337 g/mol. The predicted octanol–water partition coefficient (Wildman–Crippen LogP) is 2.60. The van der Waals surface area contributed by atoms with Crippen molar-refractivity contribution >= 4 is 24.1 Å². The molecule has 23 heavy (non-hydrogen) atoms. The summed E-state index contributed by atoms with van der Waals surface area (Å²) in [5.74, 6) is 1.44. The second-order valence-electron chi connectivity index (χ2n) is 6.18. The third kappa shape index (κ3) is 4.44. The molecule has 6 heteroatoms. The highest BCUT2D eigenvalue weighted by Crippen LogP contribution is 2.22. The maximum Gasteiger partial charge on any atom is 0.226 e. The second kappa shape index (κ2) is 8.29. The first-order valence-electron chi connectivity index (χ1n) is 8.23. The number of nitrogens with zero attached hydrogens (tertiary/aromatic N) is 4. The lowest BCUT2D eigenvalue weighted by atomic mass is 9.93. The van der Waals surface area contributed by atoms with Crippen molar-refractivity contribution < 1.29 is 4.79 Å². The fourth-order valence-corrected chi connectivity index (χ4v) is 3.20. The van der Waals surface area contributed by atoms with Gasteiger partial charge in [-0.25, -0.2) is 0 Å². The number of aryl methyl sites for hydroxylation is 1. The highest BCUT2D eigenvalue weighted by atomic mass is 35.5. The summed E-state index contributed by atoms with van der Waals surface area (Å²) >= 11 is 0. The van der Waals surface area contributed by atoms with Gasteiger partial charge in [-0.15, -0.1) is 17.5 Å². The zero-order chi connectivity index (χ0) is 15.4. The lowest BCUT2D eigenvalue weighted by Crippen LogP contribution is -2.39. The van der Waals surface area contributed by atoms with Crippen LogP contribution in [-0.4, -0.2) is 47.2 Å². The largest absolute Gasteiger partial charge is 0.353 e. The number of anilines is 1. The van der Waals surface area contributed by atoms with Gasteiger partial charge in [0.1, 0.15) is 0 Å². The van der Waals surface area contributed by atoms with Crippen LogP contribution in [0.25, 0.3) is 0 Å². The summed E-state index contributed by atoms with van der Waals surface area (Å²) in [6, 6.07) is 4.01. The van der Waals surface area contributed by atoms with Gasteiger partial charge in [-0.1, -0.05) is 12.2 Å². The molecule has 1 aromatic heterocycles. The smallest absolute Gasteiger partial charge is 0.226 e. The van der Waals surface area contributed by atoms with E-state index in [9.17, 15) is 4.79 Å². The van der Waals surface area contributed by atoms with E-state index in [0.717, 1.165) is 63.4 Å². The molecule has 2 aliphatic rings. The van der Waals surface area contributed by atoms with Gasteiger partial charge in [-0.05, 0) is 44.7 Å². The SMILES string of the molecule is Cc1ccc(N2CCCN(C(=O)C3CC=CCC3)CC2)nn1.Cl. The first-order valence-corrected chi connectivity index (χ1v) is 8.23.